The minimum Gasteiger partial charge on any atom is -0.383 e. The largest absolute Gasteiger partial charge is 0.383 e. The Morgan fingerprint density at radius 3 is 2.75 bits per heavy atom. The molecule has 3 nitrogen and oxygen atoms in total. The zero-order valence-corrected chi connectivity index (χ0v) is 8.35. The molecule has 0 saturated carbocycles. The Labute approximate surface area is 91.7 Å². The molecule has 0 aliphatic rings. The van der Waals surface area contributed by atoms with Gasteiger partial charge >= 0.3 is 0 Å². The number of anilines is 1. The summed E-state index contributed by atoms with van der Waals surface area (Å²) < 4.78 is 12.9. The van der Waals surface area contributed by atoms with Gasteiger partial charge in [0.25, 0.3) is 0 Å². The maximum atomic E-state index is 12.9. The number of carbonyl (C=O) groups excluding carboxylic acids is 1. The van der Waals surface area contributed by atoms with Gasteiger partial charge < -0.3 is 5.73 Å². The highest BCUT2D eigenvalue weighted by atomic mass is 19.1. The minimum atomic E-state index is -0.451. The number of hydrogen-bond donors (Lipinski definition) is 1. The fourth-order valence-electron chi connectivity index (χ4n) is 1.39. The number of ketones is 1. The van der Waals surface area contributed by atoms with Crippen molar-refractivity contribution in [2.45, 2.75) is 0 Å². The molecule has 0 amide bonds. The van der Waals surface area contributed by atoms with Gasteiger partial charge in [-0.1, -0.05) is 12.1 Å². The van der Waals surface area contributed by atoms with E-state index in [1.165, 1.54) is 30.5 Å². The highest BCUT2D eigenvalue weighted by Gasteiger charge is 2.12. The van der Waals surface area contributed by atoms with E-state index in [2.05, 4.69) is 4.98 Å². The van der Waals surface area contributed by atoms with E-state index in [-0.39, 0.29) is 22.7 Å². The summed E-state index contributed by atoms with van der Waals surface area (Å²) in [5.41, 5.74) is 6.12. The molecule has 4 heteroatoms. The third-order valence-electron chi connectivity index (χ3n) is 2.17. The molecule has 0 aliphatic carbocycles. The summed E-state index contributed by atoms with van der Waals surface area (Å²) in [4.78, 5) is 15.7. The number of halogens is 1. The molecular formula is C12H9FN2O. The van der Waals surface area contributed by atoms with Crippen LogP contribution < -0.4 is 5.73 Å². The molecule has 1 aromatic carbocycles. The molecule has 2 aromatic rings. The summed E-state index contributed by atoms with van der Waals surface area (Å²) in [7, 11) is 0. The van der Waals surface area contributed by atoms with Crippen molar-refractivity contribution in [3.63, 3.8) is 0 Å². The van der Waals surface area contributed by atoms with E-state index in [1.54, 1.807) is 12.1 Å². The maximum absolute atomic E-state index is 12.9. The average molecular weight is 216 g/mol. The summed E-state index contributed by atoms with van der Waals surface area (Å²) >= 11 is 0. The topological polar surface area (TPSA) is 56.0 Å². The van der Waals surface area contributed by atoms with Crippen molar-refractivity contribution in [2.24, 2.45) is 0 Å². The third-order valence-corrected chi connectivity index (χ3v) is 2.17. The Bertz CT molecular complexity index is 540. The number of nitrogens with zero attached hydrogens (tertiary/aromatic N) is 1. The van der Waals surface area contributed by atoms with E-state index in [0.717, 1.165) is 0 Å². The van der Waals surface area contributed by atoms with Crippen molar-refractivity contribution >= 4 is 11.6 Å². The minimum absolute atomic E-state index is 0.150. The maximum Gasteiger partial charge on any atom is 0.196 e. The Morgan fingerprint density at radius 2 is 2.06 bits per heavy atom. The van der Waals surface area contributed by atoms with Gasteiger partial charge in [-0.15, -0.1) is 0 Å². The Morgan fingerprint density at radius 1 is 1.25 bits per heavy atom. The monoisotopic (exact) mass is 216 g/mol. The first kappa shape index (κ1) is 10.3. The smallest absolute Gasteiger partial charge is 0.196 e. The molecule has 1 heterocycles. The Balaban J connectivity index is 2.44. The molecule has 0 atom stereocenters. The molecule has 0 saturated heterocycles. The average Bonchev–Trinajstić information content (AvgIpc) is 2.29. The van der Waals surface area contributed by atoms with Crippen molar-refractivity contribution in [1.82, 2.24) is 4.98 Å². The zero-order valence-electron chi connectivity index (χ0n) is 8.35. The lowest BCUT2D eigenvalue weighted by Crippen LogP contribution is -2.06. The molecule has 2 N–H and O–H groups in total. The first-order chi connectivity index (χ1) is 7.68. The SMILES string of the molecule is Nc1ncccc1C(=O)c1cccc(F)c1. The van der Waals surface area contributed by atoms with Crippen molar-refractivity contribution in [2.75, 3.05) is 5.73 Å². The van der Waals surface area contributed by atoms with Gasteiger partial charge in [0.2, 0.25) is 0 Å². The first-order valence-corrected chi connectivity index (χ1v) is 4.69. The number of pyridine rings is 1. The second-order valence-corrected chi connectivity index (χ2v) is 3.28. The van der Waals surface area contributed by atoms with Crippen LogP contribution in [-0.2, 0) is 0 Å². The third kappa shape index (κ3) is 1.91. The van der Waals surface area contributed by atoms with Crippen LogP contribution >= 0.6 is 0 Å². The van der Waals surface area contributed by atoms with E-state index in [0.29, 0.717) is 0 Å². The number of aromatic nitrogens is 1. The molecule has 2 rings (SSSR count). The normalized spacial score (nSPS) is 10.1. The number of nitrogen functional groups attached to an aromatic ring is 1. The molecule has 0 fully saturated rings. The Hall–Kier alpha value is -2.23. The Kier molecular flexibility index (Phi) is 2.64. The number of carbonyl (C=O) groups is 1. The van der Waals surface area contributed by atoms with E-state index < -0.39 is 5.82 Å². The molecule has 0 bridgehead atoms. The van der Waals surface area contributed by atoms with Crippen molar-refractivity contribution in [3.05, 3.63) is 59.5 Å². The molecule has 0 radical (unpaired) electrons. The van der Waals surface area contributed by atoms with Crippen LogP contribution in [0, 0.1) is 5.82 Å². The molecule has 0 aliphatic heterocycles. The van der Waals surface area contributed by atoms with Crippen LogP contribution in [0.15, 0.2) is 42.6 Å². The van der Waals surface area contributed by atoms with Crippen LogP contribution in [0.2, 0.25) is 0 Å². The number of hydrogen-bond acceptors (Lipinski definition) is 3. The van der Waals surface area contributed by atoms with Gasteiger partial charge in [-0.3, -0.25) is 4.79 Å². The van der Waals surface area contributed by atoms with Crippen LogP contribution in [0.25, 0.3) is 0 Å². The van der Waals surface area contributed by atoms with Crippen LogP contribution in [0.4, 0.5) is 10.2 Å². The molecule has 80 valence electrons. The van der Waals surface area contributed by atoms with Gasteiger partial charge in [0.1, 0.15) is 11.6 Å². The van der Waals surface area contributed by atoms with Gasteiger partial charge in [0, 0.05) is 11.8 Å². The summed E-state index contributed by atoms with van der Waals surface area (Å²) in [6, 6.07) is 8.66. The van der Waals surface area contributed by atoms with E-state index >= 15 is 0 Å². The van der Waals surface area contributed by atoms with Gasteiger partial charge in [0.05, 0.1) is 5.56 Å². The molecule has 0 unspecified atom stereocenters. The second-order valence-electron chi connectivity index (χ2n) is 3.28. The quantitative estimate of drug-likeness (QED) is 0.781. The van der Waals surface area contributed by atoms with Gasteiger partial charge in [-0.25, -0.2) is 9.37 Å². The van der Waals surface area contributed by atoms with E-state index in [4.69, 9.17) is 5.73 Å². The standard InChI is InChI=1S/C12H9FN2O/c13-9-4-1-3-8(7-9)11(16)10-5-2-6-15-12(10)14/h1-7H,(H2,14,15). The van der Waals surface area contributed by atoms with Gasteiger partial charge in [0.15, 0.2) is 5.78 Å². The second kappa shape index (κ2) is 4.10. The summed E-state index contributed by atoms with van der Waals surface area (Å²) in [6.07, 6.45) is 1.50. The molecule has 16 heavy (non-hydrogen) atoms. The van der Waals surface area contributed by atoms with E-state index in [1.807, 2.05) is 0 Å². The van der Waals surface area contributed by atoms with E-state index in [9.17, 15) is 9.18 Å². The molecule has 1 aromatic heterocycles. The van der Waals surface area contributed by atoms with Crippen molar-refractivity contribution < 1.29 is 9.18 Å². The van der Waals surface area contributed by atoms with Gasteiger partial charge in [-0.05, 0) is 24.3 Å². The fourth-order valence-corrected chi connectivity index (χ4v) is 1.39. The zero-order chi connectivity index (χ0) is 11.5. The number of rotatable bonds is 2. The number of nitrogens with two attached hydrogens (primary N) is 1. The van der Waals surface area contributed by atoms with Crippen LogP contribution in [-0.4, -0.2) is 10.8 Å². The summed E-state index contributed by atoms with van der Waals surface area (Å²) in [6.45, 7) is 0. The lowest BCUT2D eigenvalue weighted by Gasteiger charge is -2.03. The number of benzene rings is 1. The molecular weight excluding hydrogens is 207 g/mol. The highest BCUT2D eigenvalue weighted by Crippen LogP contribution is 2.14. The van der Waals surface area contributed by atoms with Crippen LogP contribution in [0.5, 0.6) is 0 Å². The predicted molar refractivity (Wildman–Crippen MR) is 58.5 cm³/mol. The summed E-state index contributed by atoms with van der Waals surface area (Å²) in [5, 5.41) is 0. The summed E-state index contributed by atoms with van der Waals surface area (Å²) in [5.74, 6) is -0.629. The predicted octanol–water partition coefficient (Wildman–Crippen LogP) is 2.03. The van der Waals surface area contributed by atoms with Crippen LogP contribution in [0.1, 0.15) is 15.9 Å². The van der Waals surface area contributed by atoms with Crippen LogP contribution in [0.3, 0.4) is 0 Å². The lowest BCUT2D eigenvalue weighted by atomic mass is 10.0. The lowest BCUT2D eigenvalue weighted by molar-refractivity contribution is 0.103. The van der Waals surface area contributed by atoms with Crippen molar-refractivity contribution in [1.29, 1.82) is 0 Å². The van der Waals surface area contributed by atoms with Crippen molar-refractivity contribution in [3.8, 4) is 0 Å². The highest BCUT2D eigenvalue weighted by molar-refractivity contribution is 6.11. The fraction of sp³-hybridized carbons (Fsp3) is 0. The van der Waals surface area contributed by atoms with Gasteiger partial charge in [-0.2, -0.15) is 0 Å². The molecule has 0 spiro atoms. The first-order valence-electron chi connectivity index (χ1n) is 4.69.